The smallest absolute Gasteiger partial charge is 0.369 e. The van der Waals surface area contributed by atoms with Gasteiger partial charge in [0.05, 0.1) is 5.56 Å². The lowest BCUT2D eigenvalue weighted by atomic mass is 10.1. The third-order valence-corrected chi connectivity index (χ3v) is 3.02. The first kappa shape index (κ1) is 14.2. The average Bonchev–Trinajstić information content (AvgIpc) is 2.68. The van der Waals surface area contributed by atoms with Crippen LogP contribution in [0.3, 0.4) is 0 Å². The normalized spacial score (nSPS) is 17.8. The molecule has 0 fully saturated rings. The molecule has 0 spiro atoms. The van der Waals surface area contributed by atoms with Gasteiger partial charge in [0.25, 0.3) is 5.91 Å². The minimum absolute atomic E-state index is 0.0261. The van der Waals surface area contributed by atoms with Crippen molar-refractivity contribution in [1.82, 2.24) is 5.32 Å². The molecule has 1 atom stereocenters. The molecule has 19 heavy (non-hydrogen) atoms. The van der Waals surface area contributed by atoms with E-state index in [0.717, 1.165) is 0 Å². The summed E-state index contributed by atoms with van der Waals surface area (Å²) >= 11 is 3.19. The predicted octanol–water partition coefficient (Wildman–Crippen LogP) is 0.0401. The van der Waals surface area contributed by atoms with Crippen LogP contribution < -0.4 is 10.1 Å². The number of aliphatic hydroxyl groups is 3. The van der Waals surface area contributed by atoms with Crippen LogP contribution in [0.5, 0.6) is 5.75 Å². The van der Waals surface area contributed by atoms with E-state index in [2.05, 4.69) is 15.9 Å². The molecule has 104 valence electrons. The molecule has 1 aliphatic heterocycles. The third-order valence-electron chi connectivity index (χ3n) is 2.56. The molecular formula is C11H11BrFNO5. The highest BCUT2D eigenvalue weighted by molar-refractivity contribution is 9.10. The molecule has 6 nitrogen and oxygen atoms in total. The number of rotatable bonds is 3. The van der Waals surface area contributed by atoms with E-state index in [-0.39, 0.29) is 11.3 Å². The average molecular weight is 336 g/mol. The molecule has 0 aliphatic carbocycles. The molecule has 4 N–H and O–H groups in total. The fourth-order valence-electron chi connectivity index (χ4n) is 1.87. The Balaban J connectivity index is 2.35. The monoisotopic (exact) mass is 335 g/mol. The largest absolute Gasteiger partial charge is 0.486 e. The molecular weight excluding hydrogens is 325 g/mol. The number of carbonyl (C=O) groups is 1. The maximum atomic E-state index is 12.6. The molecule has 1 aliphatic rings. The number of alkyl halides is 1. The van der Waals surface area contributed by atoms with Crippen molar-refractivity contribution in [2.24, 2.45) is 0 Å². The zero-order chi connectivity index (χ0) is 14.2. The van der Waals surface area contributed by atoms with E-state index in [0.29, 0.717) is 16.5 Å². The van der Waals surface area contributed by atoms with Gasteiger partial charge in [0.15, 0.2) is 0 Å². The van der Waals surface area contributed by atoms with Gasteiger partial charge >= 0.3 is 6.10 Å². The van der Waals surface area contributed by atoms with E-state index < -0.39 is 24.8 Å². The fraction of sp³-hybridized carbons (Fsp3) is 0.364. The molecule has 0 aromatic heterocycles. The number of ether oxygens (including phenoxy) is 1. The Morgan fingerprint density at radius 3 is 2.79 bits per heavy atom. The van der Waals surface area contributed by atoms with Gasteiger partial charge in [0.1, 0.15) is 18.5 Å². The van der Waals surface area contributed by atoms with Crippen LogP contribution in [0.1, 0.15) is 15.9 Å². The van der Waals surface area contributed by atoms with Crippen molar-refractivity contribution in [3.05, 3.63) is 27.7 Å². The summed E-state index contributed by atoms with van der Waals surface area (Å²) < 4.78 is 18.4. The van der Waals surface area contributed by atoms with Crippen molar-refractivity contribution in [2.75, 3.05) is 6.67 Å². The van der Waals surface area contributed by atoms with Crippen LogP contribution in [0.4, 0.5) is 4.39 Å². The van der Waals surface area contributed by atoms with Gasteiger partial charge < -0.3 is 20.1 Å². The van der Waals surface area contributed by atoms with Gasteiger partial charge in [0, 0.05) is 10.9 Å². The lowest BCUT2D eigenvalue weighted by Crippen LogP contribution is -2.48. The van der Waals surface area contributed by atoms with E-state index in [1.807, 2.05) is 0 Å². The molecule has 1 aromatic rings. The summed E-state index contributed by atoms with van der Waals surface area (Å²) in [5, 5.41) is 27.8. The maximum Gasteiger partial charge on any atom is 0.369 e. The van der Waals surface area contributed by atoms with Gasteiger partial charge in [-0.1, -0.05) is 15.9 Å². The van der Waals surface area contributed by atoms with Crippen LogP contribution in [0, 0.1) is 0 Å². The van der Waals surface area contributed by atoms with Gasteiger partial charge in [-0.15, -0.1) is 0 Å². The standard InChI is InChI=1S/C11H11BrFNO5/c12-6-1-5-2-7(4-13)19-9(5)8(3-6)10(15)14-11(16,17)18/h1,3,7,16-18H,2,4H2,(H,14,15). The summed E-state index contributed by atoms with van der Waals surface area (Å²) in [5.74, 6) is -0.780. The van der Waals surface area contributed by atoms with Gasteiger partial charge in [-0.3, -0.25) is 10.1 Å². The number of carbonyl (C=O) groups excluding carboxylic acids is 1. The Hall–Kier alpha value is -1.22. The van der Waals surface area contributed by atoms with Crippen molar-refractivity contribution in [2.45, 2.75) is 18.6 Å². The van der Waals surface area contributed by atoms with Gasteiger partial charge in [-0.05, 0) is 17.7 Å². The minimum atomic E-state index is -3.33. The summed E-state index contributed by atoms with van der Waals surface area (Å²) in [5.41, 5.74) is 0.600. The molecule has 0 bridgehead atoms. The first-order valence-electron chi connectivity index (χ1n) is 5.35. The van der Waals surface area contributed by atoms with E-state index in [9.17, 15) is 9.18 Å². The lowest BCUT2D eigenvalue weighted by Gasteiger charge is -2.16. The Kier molecular flexibility index (Phi) is 3.77. The summed E-state index contributed by atoms with van der Waals surface area (Å²) in [7, 11) is 0. The summed E-state index contributed by atoms with van der Waals surface area (Å²) in [6, 6.07) is 3.06. The summed E-state index contributed by atoms with van der Waals surface area (Å²) in [4.78, 5) is 11.8. The van der Waals surface area contributed by atoms with Crippen LogP contribution in [-0.4, -0.2) is 40.1 Å². The topological polar surface area (TPSA) is 99.0 Å². The van der Waals surface area contributed by atoms with E-state index in [1.54, 1.807) is 11.4 Å². The van der Waals surface area contributed by atoms with Crippen molar-refractivity contribution in [3.63, 3.8) is 0 Å². The second-order valence-corrected chi connectivity index (χ2v) is 5.05. The lowest BCUT2D eigenvalue weighted by molar-refractivity contribution is -0.323. The highest BCUT2D eigenvalue weighted by atomic mass is 79.9. The molecule has 1 heterocycles. The van der Waals surface area contributed by atoms with Crippen molar-refractivity contribution >= 4 is 21.8 Å². The zero-order valence-electron chi connectivity index (χ0n) is 9.56. The predicted molar refractivity (Wildman–Crippen MR) is 65.1 cm³/mol. The number of benzene rings is 1. The van der Waals surface area contributed by atoms with Crippen LogP contribution in [0.25, 0.3) is 0 Å². The van der Waals surface area contributed by atoms with Crippen LogP contribution in [-0.2, 0) is 6.42 Å². The highest BCUT2D eigenvalue weighted by Gasteiger charge is 2.31. The highest BCUT2D eigenvalue weighted by Crippen LogP contribution is 2.35. The Morgan fingerprint density at radius 2 is 2.21 bits per heavy atom. The molecule has 1 amide bonds. The summed E-state index contributed by atoms with van der Waals surface area (Å²) in [6.45, 7) is -0.697. The van der Waals surface area contributed by atoms with Crippen LogP contribution >= 0.6 is 15.9 Å². The molecule has 1 aromatic carbocycles. The number of halogens is 2. The fourth-order valence-corrected chi connectivity index (χ4v) is 2.37. The molecule has 8 heteroatoms. The molecule has 1 unspecified atom stereocenters. The second-order valence-electron chi connectivity index (χ2n) is 4.13. The third kappa shape index (κ3) is 3.21. The van der Waals surface area contributed by atoms with E-state index in [4.69, 9.17) is 20.1 Å². The number of amides is 1. The molecule has 0 radical (unpaired) electrons. The Bertz CT molecular complexity index is 517. The molecule has 0 saturated heterocycles. The van der Waals surface area contributed by atoms with Crippen LogP contribution in [0.15, 0.2) is 16.6 Å². The number of fused-ring (bicyclic) bond motifs is 1. The first-order chi connectivity index (χ1) is 8.80. The van der Waals surface area contributed by atoms with Crippen LogP contribution in [0.2, 0.25) is 0 Å². The number of hydrogen-bond donors (Lipinski definition) is 4. The maximum absolute atomic E-state index is 12.6. The number of hydrogen-bond acceptors (Lipinski definition) is 5. The van der Waals surface area contributed by atoms with E-state index >= 15 is 0 Å². The first-order valence-corrected chi connectivity index (χ1v) is 6.14. The summed E-state index contributed by atoms with van der Waals surface area (Å²) in [6.07, 6.45) is -3.68. The van der Waals surface area contributed by atoms with Crippen molar-refractivity contribution < 1.29 is 29.2 Å². The number of nitrogens with one attached hydrogen (secondary N) is 1. The quantitative estimate of drug-likeness (QED) is 0.584. The van der Waals surface area contributed by atoms with Gasteiger partial charge in [0.2, 0.25) is 0 Å². The SMILES string of the molecule is O=C(NC(O)(O)O)c1cc(Br)cc2c1OC(CF)C2. The molecule has 0 saturated carbocycles. The van der Waals surface area contributed by atoms with Gasteiger partial charge in [-0.2, -0.15) is 0 Å². The minimum Gasteiger partial charge on any atom is -0.486 e. The Morgan fingerprint density at radius 1 is 1.53 bits per heavy atom. The Labute approximate surface area is 115 Å². The zero-order valence-corrected chi connectivity index (χ0v) is 11.1. The van der Waals surface area contributed by atoms with E-state index in [1.165, 1.54) is 6.07 Å². The van der Waals surface area contributed by atoms with Crippen molar-refractivity contribution in [3.8, 4) is 5.75 Å². The van der Waals surface area contributed by atoms with Crippen molar-refractivity contribution in [1.29, 1.82) is 0 Å². The van der Waals surface area contributed by atoms with Gasteiger partial charge in [-0.25, -0.2) is 4.39 Å². The molecule has 2 rings (SSSR count). The second kappa shape index (κ2) is 5.04.